The van der Waals surface area contributed by atoms with Crippen LogP contribution in [0.2, 0.25) is 0 Å². The van der Waals surface area contributed by atoms with Gasteiger partial charge in [0.1, 0.15) is 5.69 Å². The van der Waals surface area contributed by atoms with Crippen LogP contribution in [0.5, 0.6) is 0 Å². The minimum Gasteiger partial charge on any atom is -0.319 e. The molecular formula is C17H16F3N3O3. The quantitative estimate of drug-likeness (QED) is 0.624. The van der Waals surface area contributed by atoms with Crippen molar-refractivity contribution in [3.63, 3.8) is 0 Å². The molecule has 0 radical (unpaired) electrons. The van der Waals surface area contributed by atoms with Gasteiger partial charge in [-0.1, -0.05) is 24.3 Å². The number of carbonyl (C=O) groups is 1. The largest absolute Gasteiger partial charge is 0.416 e. The van der Waals surface area contributed by atoms with E-state index in [0.29, 0.717) is 5.56 Å². The van der Waals surface area contributed by atoms with Crippen LogP contribution in [0.1, 0.15) is 11.1 Å². The SMILES string of the molecule is CN(CC(=O)Nc1ccccc1[N+](=O)[O-])Cc1ccc(C(F)(F)F)cc1. The zero-order chi connectivity index (χ0) is 19.3. The Bertz CT molecular complexity index is 792. The number of hydrogen-bond acceptors (Lipinski definition) is 4. The van der Waals surface area contributed by atoms with Gasteiger partial charge in [-0.2, -0.15) is 13.2 Å². The summed E-state index contributed by atoms with van der Waals surface area (Å²) in [6.07, 6.45) is -4.39. The van der Waals surface area contributed by atoms with Crippen molar-refractivity contribution in [3.05, 3.63) is 69.8 Å². The number of nitrogens with one attached hydrogen (secondary N) is 1. The second-order valence-electron chi connectivity index (χ2n) is 5.69. The molecule has 0 aliphatic carbocycles. The molecule has 0 saturated heterocycles. The first-order chi connectivity index (χ1) is 12.2. The molecule has 0 saturated carbocycles. The lowest BCUT2D eigenvalue weighted by atomic mass is 10.1. The molecular weight excluding hydrogens is 351 g/mol. The van der Waals surface area contributed by atoms with Crippen molar-refractivity contribution >= 4 is 17.3 Å². The zero-order valence-electron chi connectivity index (χ0n) is 13.8. The molecule has 6 nitrogen and oxygen atoms in total. The first-order valence-corrected chi connectivity index (χ1v) is 7.55. The van der Waals surface area contributed by atoms with Crippen LogP contribution in [0, 0.1) is 10.1 Å². The molecule has 0 atom stereocenters. The molecule has 0 heterocycles. The highest BCUT2D eigenvalue weighted by atomic mass is 19.4. The molecule has 0 fully saturated rings. The molecule has 2 aromatic rings. The average molecular weight is 367 g/mol. The summed E-state index contributed by atoms with van der Waals surface area (Å²) in [6.45, 7) is 0.176. The number of rotatable bonds is 6. The van der Waals surface area contributed by atoms with Gasteiger partial charge in [-0.15, -0.1) is 0 Å². The van der Waals surface area contributed by atoms with E-state index in [1.54, 1.807) is 18.0 Å². The van der Waals surface area contributed by atoms with Crippen molar-refractivity contribution in [2.45, 2.75) is 12.7 Å². The average Bonchev–Trinajstić information content (AvgIpc) is 2.54. The number of anilines is 1. The minimum absolute atomic E-state index is 0.0763. The van der Waals surface area contributed by atoms with E-state index in [9.17, 15) is 28.1 Å². The Morgan fingerprint density at radius 1 is 1.15 bits per heavy atom. The summed E-state index contributed by atoms with van der Waals surface area (Å²) < 4.78 is 37.6. The Kier molecular flexibility index (Phi) is 5.93. The van der Waals surface area contributed by atoms with E-state index in [2.05, 4.69) is 5.32 Å². The molecule has 1 N–H and O–H groups in total. The van der Waals surface area contributed by atoms with E-state index in [1.165, 1.54) is 30.3 Å². The first-order valence-electron chi connectivity index (χ1n) is 7.55. The summed E-state index contributed by atoms with van der Waals surface area (Å²) in [5.74, 6) is -0.464. The number of amides is 1. The van der Waals surface area contributed by atoms with Crippen LogP contribution in [-0.4, -0.2) is 29.3 Å². The number of alkyl halides is 3. The van der Waals surface area contributed by atoms with Crippen molar-refractivity contribution in [1.82, 2.24) is 4.90 Å². The molecule has 26 heavy (non-hydrogen) atoms. The van der Waals surface area contributed by atoms with Crippen molar-refractivity contribution in [3.8, 4) is 0 Å². The second-order valence-corrected chi connectivity index (χ2v) is 5.69. The molecule has 0 aromatic heterocycles. The summed E-state index contributed by atoms with van der Waals surface area (Å²) in [5, 5.41) is 13.4. The highest BCUT2D eigenvalue weighted by Crippen LogP contribution is 2.29. The molecule has 0 unspecified atom stereocenters. The third-order valence-electron chi connectivity index (χ3n) is 3.52. The zero-order valence-corrected chi connectivity index (χ0v) is 13.8. The molecule has 138 valence electrons. The molecule has 0 bridgehead atoms. The van der Waals surface area contributed by atoms with Crippen LogP contribution in [0.4, 0.5) is 24.5 Å². The Morgan fingerprint density at radius 2 is 1.77 bits per heavy atom. The number of benzene rings is 2. The third kappa shape index (κ3) is 5.28. The van der Waals surface area contributed by atoms with Crippen LogP contribution in [0.25, 0.3) is 0 Å². The summed E-state index contributed by atoms with van der Waals surface area (Å²) in [6, 6.07) is 10.4. The molecule has 0 aliphatic heterocycles. The Hall–Kier alpha value is -2.94. The highest BCUT2D eigenvalue weighted by molar-refractivity contribution is 5.94. The monoisotopic (exact) mass is 367 g/mol. The number of nitrogens with zero attached hydrogens (tertiary/aromatic N) is 2. The lowest BCUT2D eigenvalue weighted by Gasteiger charge is -2.17. The van der Waals surface area contributed by atoms with E-state index >= 15 is 0 Å². The van der Waals surface area contributed by atoms with E-state index in [1.807, 2.05) is 0 Å². The number of carbonyl (C=O) groups excluding carboxylic acids is 1. The minimum atomic E-state index is -4.39. The van der Waals surface area contributed by atoms with Crippen LogP contribution in [0.15, 0.2) is 48.5 Å². The Labute approximate surface area is 147 Å². The van der Waals surface area contributed by atoms with Gasteiger partial charge < -0.3 is 5.32 Å². The topological polar surface area (TPSA) is 75.5 Å². The fourth-order valence-electron chi connectivity index (χ4n) is 2.34. The van der Waals surface area contributed by atoms with Gasteiger partial charge in [-0.05, 0) is 30.8 Å². The number of hydrogen-bond donors (Lipinski definition) is 1. The predicted molar refractivity (Wildman–Crippen MR) is 89.5 cm³/mol. The van der Waals surface area contributed by atoms with Crippen molar-refractivity contribution in [2.24, 2.45) is 0 Å². The predicted octanol–water partition coefficient (Wildman–Crippen LogP) is 3.68. The van der Waals surface area contributed by atoms with Crippen molar-refractivity contribution in [2.75, 3.05) is 18.9 Å². The number of para-hydroxylation sites is 2. The molecule has 9 heteroatoms. The van der Waals surface area contributed by atoms with E-state index < -0.39 is 22.6 Å². The van der Waals surface area contributed by atoms with Gasteiger partial charge in [0.15, 0.2) is 0 Å². The van der Waals surface area contributed by atoms with Crippen molar-refractivity contribution in [1.29, 1.82) is 0 Å². The maximum atomic E-state index is 12.5. The second kappa shape index (κ2) is 7.96. The van der Waals surface area contributed by atoms with Gasteiger partial charge in [-0.3, -0.25) is 19.8 Å². The lowest BCUT2D eigenvalue weighted by Crippen LogP contribution is -2.30. The number of nitro groups is 1. The van der Waals surface area contributed by atoms with Gasteiger partial charge in [0.2, 0.25) is 5.91 Å². The molecule has 0 aliphatic rings. The van der Waals surface area contributed by atoms with Crippen LogP contribution >= 0.6 is 0 Å². The van der Waals surface area contributed by atoms with Gasteiger partial charge in [-0.25, -0.2) is 0 Å². The maximum absolute atomic E-state index is 12.5. The number of nitro benzene ring substituents is 1. The normalized spacial score (nSPS) is 11.4. The maximum Gasteiger partial charge on any atom is 0.416 e. The van der Waals surface area contributed by atoms with E-state index in [4.69, 9.17) is 0 Å². The van der Waals surface area contributed by atoms with Crippen LogP contribution in [0.3, 0.4) is 0 Å². The standard InChI is InChI=1S/C17H16F3N3O3/c1-22(10-12-6-8-13(9-7-12)17(18,19)20)11-16(24)21-14-4-2-3-5-15(14)23(25)26/h2-9H,10-11H2,1H3,(H,21,24). The van der Waals surface area contributed by atoms with E-state index in [-0.39, 0.29) is 24.5 Å². The Morgan fingerprint density at radius 3 is 2.35 bits per heavy atom. The van der Waals surface area contributed by atoms with Gasteiger partial charge in [0.25, 0.3) is 5.69 Å². The molecule has 1 amide bonds. The number of halogens is 3. The van der Waals surface area contributed by atoms with Crippen LogP contribution in [-0.2, 0) is 17.5 Å². The summed E-state index contributed by atoms with van der Waals surface area (Å²) in [5.41, 5.74) is -0.256. The number of likely N-dealkylation sites (N-methyl/N-ethyl adjacent to an activating group) is 1. The van der Waals surface area contributed by atoms with Crippen molar-refractivity contribution < 1.29 is 22.9 Å². The highest BCUT2D eigenvalue weighted by Gasteiger charge is 2.29. The van der Waals surface area contributed by atoms with E-state index in [0.717, 1.165) is 12.1 Å². The smallest absolute Gasteiger partial charge is 0.319 e. The first kappa shape index (κ1) is 19.4. The fourth-order valence-corrected chi connectivity index (χ4v) is 2.34. The molecule has 0 spiro atoms. The summed E-state index contributed by atoms with van der Waals surface area (Å²) in [7, 11) is 1.62. The summed E-state index contributed by atoms with van der Waals surface area (Å²) >= 11 is 0. The fraction of sp³-hybridized carbons (Fsp3) is 0.235. The summed E-state index contributed by atoms with van der Waals surface area (Å²) in [4.78, 5) is 24.0. The molecule has 2 rings (SSSR count). The molecule has 2 aromatic carbocycles. The third-order valence-corrected chi connectivity index (χ3v) is 3.52. The van der Waals surface area contributed by atoms with Crippen LogP contribution < -0.4 is 5.32 Å². The van der Waals surface area contributed by atoms with Gasteiger partial charge in [0, 0.05) is 12.6 Å². The Balaban J connectivity index is 1.94. The lowest BCUT2D eigenvalue weighted by molar-refractivity contribution is -0.383. The van der Waals surface area contributed by atoms with Gasteiger partial charge in [0.05, 0.1) is 17.0 Å². The van der Waals surface area contributed by atoms with Gasteiger partial charge >= 0.3 is 6.18 Å².